The first kappa shape index (κ1) is 12.2. The summed E-state index contributed by atoms with van der Waals surface area (Å²) in [5, 5.41) is 0.638. The Morgan fingerprint density at radius 2 is 2.41 bits per heavy atom. The molecule has 0 spiro atoms. The lowest BCUT2D eigenvalue weighted by Gasteiger charge is -2.33. The van der Waals surface area contributed by atoms with Gasteiger partial charge >= 0.3 is 0 Å². The number of primary amides is 1. The number of aromatic nitrogens is 1. The number of piperidine rings is 1. The van der Waals surface area contributed by atoms with Crippen molar-refractivity contribution in [2.45, 2.75) is 19.3 Å². The Balaban J connectivity index is 2.01. The lowest BCUT2D eigenvalue weighted by Crippen LogP contribution is -2.37. The molecule has 0 radical (unpaired) electrons. The van der Waals surface area contributed by atoms with E-state index in [0.717, 1.165) is 31.7 Å². The Morgan fingerprint density at radius 1 is 1.59 bits per heavy atom. The van der Waals surface area contributed by atoms with Crippen molar-refractivity contribution in [1.29, 1.82) is 0 Å². The molecule has 1 unspecified atom stereocenters. The number of pyridine rings is 1. The summed E-state index contributed by atoms with van der Waals surface area (Å²) in [5.41, 5.74) is 5.24. The van der Waals surface area contributed by atoms with Gasteiger partial charge in [0.25, 0.3) is 0 Å². The third kappa shape index (κ3) is 3.33. The van der Waals surface area contributed by atoms with E-state index in [0.29, 0.717) is 17.4 Å². The number of anilines is 1. The summed E-state index contributed by atoms with van der Waals surface area (Å²) in [5.74, 6) is 1.04. The summed E-state index contributed by atoms with van der Waals surface area (Å²) in [6.45, 7) is 1.82. The van der Waals surface area contributed by atoms with E-state index in [4.69, 9.17) is 17.3 Å². The van der Waals surface area contributed by atoms with E-state index in [1.165, 1.54) is 0 Å². The maximum Gasteiger partial charge on any atom is 0.217 e. The van der Waals surface area contributed by atoms with Crippen molar-refractivity contribution in [3.63, 3.8) is 0 Å². The molecule has 1 saturated heterocycles. The number of rotatable bonds is 3. The number of nitrogens with zero attached hydrogens (tertiary/aromatic N) is 2. The average Bonchev–Trinajstić information content (AvgIpc) is 2.29. The van der Waals surface area contributed by atoms with E-state index in [1.54, 1.807) is 6.20 Å². The van der Waals surface area contributed by atoms with Gasteiger partial charge in [-0.2, -0.15) is 0 Å². The second-order valence-corrected chi connectivity index (χ2v) is 4.90. The molecule has 2 rings (SSSR count). The molecule has 0 aromatic carbocycles. The summed E-state index contributed by atoms with van der Waals surface area (Å²) in [6, 6.07) is 3.75. The van der Waals surface area contributed by atoms with Crippen LogP contribution >= 0.6 is 11.6 Å². The molecule has 0 aliphatic carbocycles. The van der Waals surface area contributed by atoms with Gasteiger partial charge in [-0.05, 0) is 30.9 Å². The Labute approximate surface area is 106 Å². The minimum atomic E-state index is -0.221. The number of hydrogen-bond acceptors (Lipinski definition) is 3. The van der Waals surface area contributed by atoms with Crippen LogP contribution in [-0.2, 0) is 4.79 Å². The maximum atomic E-state index is 10.9. The fraction of sp³-hybridized carbons (Fsp3) is 0.500. The van der Waals surface area contributed by atoms with Gasteiger partial charge in [-0.1, -0.05) is 11.6 Å². The van der Waals surface area contributed by atoms with Crippen molar-refractivity contribution in [3.8, 4) is 0 Å². The Kier molecular flexibility index (Phi) is 3.84. The molecule has 17 heavy (non-hydrogen) atoms. The summed E-state index contributed by atoms with van der Waals surface area (Å²) >= 11 is 5.81. The molecular weight excluding hydrogens is 238 g/mol. The van der Waals surface area contributed by atoms with Crippen LogP contribution in [0.2, 0.25) is 5.02 Å². The molecule has 1 fully saturated rings. The molecule has 1 aliphatic rings. The summed E-state index contributed by atoms with van der Waals surface area (Å²) in [4.78, 5) is 17.4. The van der Waals surface area contributed by atoms with Gasteiger partial charge in [0.15, 0.2) is 0 Å². The van der Waals surface area contributed by atoms with Crippen LogP contribution in [0.1, 0.15) is 19.3 Å². The normalized spacial score (nSPS) is 20.3. The number of amides is 1. The van der Waals surface area contributed by atoms with Crippen LogP contribution in [0.15, 0.2) is 18.3 Å². The highest BCUT2D eigenvalue weighted by Crippen LogP contribution is 2.24. The van der Waals surface area contributed by atoms with Crippen LogP contribution in [0.25, 0.3) is 0 Å². The first-order chi connectivity index (χ1) is 8.15. The Hall–Kier alpha value is -1.29. The van der Waals surface area contributed by atoms with Crippen molar-refractivity contribution >= 4 is 23.3 Å². The van der Waals surface area contributed by atoms with Crippen LogP contribution in [0.3, 0.4) is 0 Å². The van der Waals surface area contributed by atoms with Crippen molar-refractivity contribution < 1.29 is 4.79 Å². The molecule has 4 nitrogen and oxygen atoms in total. The summed E-state index contributed by atoms with van der Waals surface area (Å²) in [6.07, 6.45) is 4.24. The molecule has 1 aromatic heterocycles. The second kappa shape index (κ2) is 5.36. The number of carbonyl (C=O) groups excluding carboxylic acids is 1. The quantitative estimate of drug-likeness (QED) is 0.894. The van der Waals surface area contributed by atoms with Crippen LogP contribution in [-0.4, -0.2) is 24.0 Å². The lowest BCUT2D eigenvalue weighted by atomic mass is 9.94. The zero-order valence-corrected chi connectivity index (χ0v) is 10.4. The van der Waals surface area contributed by atoms with E-state index in [-0.39, 0.29) is 5.91 Å². The molecule has 5 heteroatoms. The van der Waals surface area contributed by atoms with E-state index in [2.05, 4.69) is 9.88 Å². The molecule has 2 heterocycles. The largest absolute Gasteiger partial charge is 0.370 e. The van der Waals surface area contributed by atoms with Crippen molar-refractivity contribution in [3.05, 3.63) is 23.4 Å². The van der Waals surface area contributed by atoms with Crippen LogP contribution in [0, 0.1) is 5.92 Å². The van der Waals surface area contributed by atoms with Gasteiger partial charge in [-0.15, -0.1) is 0 Å². The molecule has 1 amide bonds. The molecular formula is C12H16ClN3O. The highest BCUT2D eigenvalue weighted by atomic mass is 35.5. The van der Waals surface area contributed by atoms with Gasteiger partial charge in [0, 0.05) is 25.7 Å². The van der Waals surface area contributed by atoms with Gasteiger partial charge < -0.3 is 10.6 Å². The molecule has 0 bridgehead atoms. The third-order valence-electron chi connectivity index (χ3n) is 3.04. The molecule has 2 N–H and O–H groups in total. The monoisotopic (exact) mass is 253 g/mol. The van der Waals surface area contributed by atoms with E-state index in [1.807, 2.05) is 12.1 Å². The number of halogens is 1. The lowest BCUT2D eigenvalue weighted by molar-refractivity contribution is -0.118. The van der Waals surface area contributed by atoms with Crippen molar-refractivity contribution in [2.24, 2.45) is 11.7 Å². The molecule has 0 saturated carbocycles. The Morgan fingerprint density at radius 3 is 3.06 bits per heavy atom. The van der Waals surface area contributed by atoms with Gasteiger partial charge in [-0.3, -0.25) is 4.79 Å². The minimum Gasteiger partial charge on any atom is -0.370 e. The van der Waals surface area contributed by atoms with Crippen molar-refractivity contribution in [1.82, 2.24) is 4.98 Å². The highest BCUT2D eigenvalue weighted by molar-refractivity contribution is 6.30. The van der Waals surface area contributed by atoms with E-state index < -0.39 is 0 Å². The number of carbonyl (C=O) groups is 1. The maximum absolute atomic E-state index is 10.9. The van der Waals surface area contributed by atoms with E-state index in [9.17, 15) is 4.79 Å². The summed E-state index contributed by atoms with van der Waals surface area (Å²) in [7, 11) is 0. The fourth-order valence-corrected chi connectivity index (χ4v) is 2.39. The fourth-order valence-electron chi connectivity index (χ4n) is 2.28. The summed E-state index contributed by atoms with van der Waals surface area (Å²) < 4.78 is 0. The Bertz CT molecular complexity index is 393. The van der Waals surface area contributed by atoms with Gasteiger partial charge in [0.2, 0.25) is 5.91 Å². The van der Waals surface area contributed by atoms with E-state index >= 15 is 0 Å². The van der Waals surface area contributed by atoms with Crippen LogP contribution in [0.4, 0.5) is 5.82 Å². The predicted molar refractivity (Wildman–Crippen MR) is 68.0 cm³/mol. The highest BCUT2D eigenvalue weighted by Gasteiger charge is 2.22. The second-order valence-electron chi connectivity index (χ2n) is 4.46. The molecule has 1 aliphatic heterocycles. The predicted octanol–water partition coefficient (Wildman–Crippen LogP) is 1.83. The SMILES string of the molecule is NC(=O)CC1CCCN(c2ccc(Cl)cn2)C1. The zero-order valence-electron chi connectivity index (χ0n) is 9.60. The van der Waals surface area contributed by atoms with Gasteiger partial charge in [0.1, 0.15) is 5.82 Å². The minimum absolute atomic E-state index is 0.221. The van der Waals surface area contributed by atoms with Crippen molar-refractivity contribution in [2.75, 3.05) is 18.0 Å². The first-order valence-electron chi connectivity index (χ1n) is 5.80. The average molecular weight is 254 g/mol. The van der Waals surface area contributed by atoms with Gasteiger partial charge in [-0.25, -0.2) is 4.98 Å². The molecule has 1 atom stereocenters. The molecule has 92 valence electrons. The third-order valence-corrected chi connectivity index (χ3v) is 3.27. The standard InChI is InChI=1S/C12H16ClN3O/c13-10-3-4-12(15-7-10)16-5-1-2-9(8-16)6-11(14)17/h3-4,7,9H,1-2,5-6,8H2,(H2,14,17). The van der Waals surface area contributed by atoms with Crippen LogP contribution in [0.5, 0.6) is 0 Å². The van der Waals surface area contributed by atoms with Gasteiger partial charge in [0.05, 0.1) is 5.02 Å². The topological polar surface area (TPSA) is 59.2 Å². The molecule has 1 aromatic rings. The zero-order chi connectivity index (χ0) is 12.3. The number of hydrogen-bond donors (Lipinski definition) is 1. The number of nitrogens with two attached hydrogens (primary N) is 1. The first-order valence-corrected chi connectivity index (χ1v) is 6.18. The van der Waals surface area contributed by atoms with Crippen LogP contribution < -0.4 is 10.6 Å². The smallest absolute Gasteiger partial charge is 0.217 e.